The Kier molecular flexibility index (Phi) is 4.96. The molecule has 0 aliphatic carbocycles. The minimum Gasteiger partial charge on any atom is -0.467 e. The fraction of sp³-hybridized carbons (Fsp3) is 0.643. The quantitative estimate of drug-likeness (QED) is 0.874. The Bertz CT molecular complexity index is 366. The van der Waals surface area contributed by atoms with Gasteiger partial charge in [0.1, 0.15) is 5.76 Å². The summed E-state index contributed by atoms with van der Waals surface area (Å²) in [6.07, 6.45) is 2.41. The van der Waals surface area contributed by atoms with Gasteiger partial charge in [0, 0.05) is 13.6 Å². The largest absolute Gasteiger partial charge is 0.467 e. The fourth-order valence-electron chi connectivity index (χ4n) is 2.04. The standard InChI is InChI=1S/C14H24N2O2/c1-14(2,3)8-11(9-15)13(17)16(4)10-12-6-5-7-18-12/h5-7,11H,8-10,15H2,1-4H3. The predicted molar refractivity (Wildman–Crippen MR) is 71.8 cm³/mol. The summed E-state index contributed by atoms with van der Waals surface area (Å²) in [5, 5.41) is 0. The second kappa shape index (κ2) is 6.05. The maximum Gasteiger partial charge on any atom is 0.227 e. The highest BCUT2D eigenvalue weighted by atomic mass is 16.3. The van der Waals surface area contributed by atoms with Crippen LogP contribution >= 0.6 is 0 Å². The summed E-state index contributed by atoms with van der Waals surface area (Å²) in [6, 6.07) is 3.69. The maximum atomic E-state index is 12.3. The van der Waals surface area contributed by atoms with Crippen LogP contribution in [-0.2, 0) is 11.3 Å². The predicted octanol–water partition coefficient (Wildman–Crippen LogP) is 2.25. The molecule has 1 atom stereocenters. The topological polar surface area (TPSA) is 59.5 Å². The third-order valence-corrected chi connectivity index (χ3v) is 2.84. The zero-order valence-electron chi connectivity index (χ0n) is 11.8. The molecule has 1 rings (SSSR count). The van der Waals surface area contributed by atoms with Crippen LogP contribution < -0.4 is 5.73 Å². The van der Waals surface area contributed by atoms with Gasteiger partial charge in [0.05, 0.1) is 18.7 Å². The molecule has 0 bridgehead atoms. The summed E-state index contributed by atoms with van der Waals surface area (Å²) >= 11 is 0. The van der Waals surface area contributed by atoms with Gasteiger partial charge in [0.25, 0.3) is 0 Å². The highest BCUT2D eigenvalue weighted by Gasteiger charge is 2.26. The first-order valence-electron chi connectivity index (χ1n) is 6.31. The fourth-order valence-corrected chi connectivity index (χ4v) is 2.04. The van der Waals surface area contributed by atoms with Gasteiger partial charge < -0.3 is 15.1 Å². The second-order valence-corrected chi connectivity index (χ2v) is 5.97. The van der Waals surface area contributed by atoms with Gasteiger partial charge in [-0.25, -0.2) is 0 Å². The number of nitrogens with zero attached hydrogens (tertiary/aromatic N) is 1. The Morgan fingerprint density at radius 2 is 2.17 bits per heavy atom. The molecule has 2 N–H and O–H groups in total. The molecular formula is C14H24N2O2. The van der Waals surface area contributed by atoms with E-state index >= 15 is 0 Å². The van der Waals surface area contributed by atoms with Gasteiger partial charge in [-0.3, -0.25) is 4.79 Å². The number of amides is 1. The summed E-state index contributed by atoms with van der Waals surface area (Å²) in [5.41, 5.74) is 5.82. The van der Waals surface area contributed by atoms with E-state index in [1.165, 1.54) is 0 Å². The Balaban J connectivity index is 2.60. The molecule has 1 amide bonds. The highest BCUT2D eigenvalue weighted by molar-refractivity contribution is 5.78. The molecule has 1 heterocycles. The summed E-state index contributed by atoms with van der Waals surface area (Å²) in [7, 11) is 1.79. The molecule has 0 spiro atoms. The summed E-state index contributed by atoms with van der Waals surface area (Å²) in [4.78, 5) is 14.0. The van der Waals surface area contributed by atoms with Gasteiger partial charge >= 0.3 is 0 Å². The van der Waals surface area contributed by atoms with Gasteiger partial charge in [-0.05, 0) is 24.0 Å². The molecule has 0 aliphatic heterocycles. The molecular weight excluding hydrogens is 228 g/mol. The minimum absolute atomic E-state index is 0.0869. The van der Waals surface area contributed by atoms with E-state index in [1.54, 1.807) is 18.2 Å². The van der Waals surface area contributed by atoms with Crippen LogP contribution in [0.2, 0.25) is 0 Å². The Labute approximate surface area is 109 Å². The molecule has 0 saturated heterocycles. The van der Waals surface area contributed by atoms with Gasteiger partial charge in [-0.2, -0.15) is 0 Å². The Morgan fingerprint density at radius 1 is 1.50 bits per heavy atom. The van der Waals surface area contributed by atoms with Crippen molar-refractivity contribution in [3.05, 3.63) is 24.2 Å². The molecule has 0 radical (unpaired) electrons. The van der Waals surface area contributed by atoms with E-state index in [0.29, 0.717) is 13.1 Å². The normalized spacial score (nSPS) is 13.4. The van der Waals surface area contributed by atoms with Crippen LogP contribution in [0.1, 0.15) is 33.0 Å². The number of carbonyl (C=O) groups excluding carboxylic acids is 1. The van der Waals surface area contributed by atoms with E-state index in [0.717, 1.165) is 12.2 Å². The molecule has 18 heavy (non-hydrogen) atoms. The molecule has 4 heteroatoms. The number of rotatable bonds is 5. The molecule has 0 aromatic carbocycles. The monoisotopic (exact) mass is 252 g/mol. The Hall–Kier alpha value is -1.29. The van der Waals surface area contributed by atoms with Crippen LogP contribution in [0.15, 0.2) is 22.8 Å². The number of hydrogen-bond acceptors (Lipinski definition) is 3. The maximum absolute atomic E-state index is 12.3. The Morgan fingerprint density at radius 3 is 2.61 bits per heavy atom. The summed E-state index contributed by atoms with van der Waals surface area (Å²) < 4.78 is 5.24. The zero-order chi connectivity index (χ0) is 13.8. The first kappa shape index (κ1) is 14.8. The molecule has 0 saturated carbocycles. The van der Waals surface area contributed by atoms with Crippen molar-refractivity contribution in [3.8, 4) is 0 Å². The van der Waals surface area contributed by atoms with E-state index in [1.807, 2.05) is 12.1 Å². The van der Waals surface area contributed by atoms with Crippen molar-refractivity contribution in [1.29, 1.82) is 0 Å². The van der Waals surface area contributed by atoms with Crippen molar-refractivity contribution in [2.75, 3.05) is 13.6 Å². The zero-order valence-corrected chi connectivity index (χ0v) is 11.8. The van der Waals surface area contributed by atoms with Gasteiger partial charge in [0.2, 0.25) is 5.91 Å². The lowest BCUT2D eigenvalue weighted by molar-refractivity contribution is -0.135. The number of carbonyl (C=O) groups is 1. The average molecular weight is 252 g/mol. The van der Waals surface area contributed by atoms with Crippen molar-refractivity contribution in [1.82, 2.24) is 4.90 Å². The lowest BCUT2D eigenvalue weighted by atomic mass is 9.84. The number of furan rings is 1. The van der Waals surface area contributed by atoms with Crippen molar-refractivity contribution in [3.63, 3.8) is 0 Å². The molecule has 102 valence electrons. The first-order chi connectivity index (χ1) is 8.33. The molecule has 4 nitrogen and oxygen atoms in total. The van der Waals surface area contributed by atoms with Crippen molar-refractivity contribution in [2.45, 2.75) is 33.7 Å². The molecule has 1 aromatic rings. The second-order valence-electron chi connectivity index (χ2n) is 5.97. The highest BCUT2D eigenvalue weighted by Crippen LogP contribution is 2.25. The molecule has 1 unspecified atom stereocenters. The van der Waals surface area contributed by atoms with Crippen LogP contribution in [0.5, 0.6) is 0 Å². The number of nitrogens with two attached hydrogens (primary N) is 1. The van der Waals surface area contributed by atoms with Crippen molar-refractivity contribution < 1.29 is 9.21 Å². The van der Waals surface area contributed by atoms with Gasteiger partial charge in [-0.15, -0.1) is 0 Å². The van der Waals surface area contributed by atoms with Gasteiger partial charge in [0.15, 0.2) is 0 Å². The molecule has 0 fully saturated rings. The number of hydrogen-bond donors (Lipinski definition) is 1. The van der Waals surface area contributed by atoms with E-state index in [-0.39, 0.29) is 17.2 Å². The minimum atomic E-state index is -0.120. The smallest absolute Gasteiger partial charge is 0.227 e. The summed E-state index contributed by atoms with van der Waals surface area (Å²) in [5.74, 6) is 0.756. The lowest BCUT2D eigenvalue weighted by Gasteiger charge is -2.27. The SMILES string of the molecule is CN(Cc1ccco1)C(=O)C(CN)CC(C)(C)C. The van der Waals surface area contributed by atoms with Crippen LogP contribution in [0, 0.1) is 11.3 Å². The van der Waals surface area contributed by atoms with E-state index < -0.39 is 0 Å². The first-order valence-corrected chi connectivity index (χ1v) is 6.31. The van der Waals surface area contributed by atoms with Crippen LogP contribution in [0.25, 0.3) is 0 Å². The van der Waals surface area contributed by atoms with E-state index in [9.17, 15) is 4.79 Å². The van der Waals surface area contributed by atoms with Crippen LogP contribution in [0.4, 0.5) is 0 Å². The van der Waals surface area contributed by atoms with E-state index in [4.69, 9.17) is 10.2 Å². The van der Waals surface area contributed by atoms with Crippen LogP contribution in [0.3, 0.4) is 0 Å². The summed E-state index contributed by atoms with van der Waals surface area (Å²) in [6.45, 7) is 7.24. The van der Waals surface area contributed by atoms with E-state index in [2.05, 4.69) is 20.8 Å². The molecule has 0 aliphatic rings. The van der Waals surface area contributed by atoms with Crippen molar-refractivity contribution in [2.24, 2.45) is 17.1 Å². The van der Waals surface area contributed by atoms with Crippen LogP contribution in [-0.4, -0.2) is 24.4 Å². The molecule has 1 aromatic heterocycles. The third-order valence-electron chi connectivity index (χ3n) is 2.84. The average Bonchev–Trinajstić information content (AvgIpc) is 2.76. The van der Waals surface area contributed by atoms with Crippen molar-refractivity contribution >= 4 is 5.91 Å². The third kappa shape index (κ3) is 4.53. The van der Waals surface area contributed by atoms with Gasteiger partial charge in [-0.1, -0.05) is 20.8 Å². The lowest BCUT2D eigenvalue weighted by Crippen LogP contribution is -2.38.